The Bertz CT molecular complexity index is 285. The summed E-state index contributed by atoms with van der Waals surface area (Å²) >= 11 is 0. The van der Waals surface area contributed by atoms with Crippen molar-refractivity contribution >= 4 is 5.91 Å². The number of hydrogen-bond acceptors (Lipinski definition) is 3. The molecule has 0 aromatic carbocycles. The smallest absolute Gasteiger partial charge is 0.237 e. The highest BCUT2D eigenvalue weighted by Gasteiger charge is 2.35. The first-order valence-electron chi connectivity index (χ1n) is 7.71. The third-order valence-corrected chi connectivity index (χ3v) is 4.34. The highest BCUT2D eigenvalue weighted by molar-refractivity contribution is 5.82. The Morgan fingerprint density at radius 1 is 1.16 bits per heavy atom. The summed E-state index contributed by atoms with van der Waals surface area (Å²) in [6.45, 7) is 9.40. The molecule has 0 aromatic heterocycles. The standard InChI is InChI=1S/C13H25N3O.C2H6/c1-13(6-9-15(2)10-7-13)14-12(17)11-5-4-8-16(11)3;1-2/h11H,4-10H2,1-3H3,(H,14,17);1-2H3. The molecule has 0 aliphatic carbocycles. The quantitative estimate of drug-likeness (QED) is 0.829. The van der Waals surface area contributed by atoms with E-state index in [9.17, 15) is 4.79 Å². The maximum absolute atomic E-state index is 12.2. The van der Waals surface area contributed by atoms with E-state index in [1.807, 2.05) is 20.9 Å². The van der Waals surface area contributed by atoms with Gasteiger partial charge in [0, 0.05) is 18.6 Å². The molecular weight excluding hydrogens is 238 g/mol. The summed E-state index contributed by atoms with van der Waals surface area (Å²) in [5, 5.41) is 3.28. The number of likely N-dealkylation sites (tertiary alicyclic amines) is 2. The van der Waals surface area contributed by atoms with Crippen molar-refractivity contribution in [3.8, 4) is 0 Å². The summed E-state index contributed by atoms with van der Waals surface area (Å²) in [5.74, 6) is 0.233. The number of piperidine rings is 1. The zero-order chi connectivity index (χ0) is 14.5. The molecule has 2 fully saturated rings. The van der Waals surface area contributed by atoms with Gasteiger partial charge in [0.05, 0.1) is 6.04 Å². The van der Waals surface area contributed by atoms with Crippen LogP contribution in [0.15, 0.2) is 0 Å². The minimum atomic E-state index is 0.00697. The molecule has 1 N–H and O–H groups in total. The van der Waals surface area contributed by atoms with E-state index in [-0.39, 0.29) is 17.5 Å². The van der Waals surface area contributed by atoms with E-state index in [1.165, 1.54) is 0 Å². The van der Waals surface area contributed by atoms with Crippen LogP contribution in [-0.4, -0.2) is 61.0 Å². The predicted molar refractivity (Wildman–Crippen MR) is 80.3 cm³/mol. The zero-order valence-electron chi connectivity index (χ0n) is 13.3. The number of amides is 1. The normalized spacial score (nSPS) is 27.5. The van der Waals surface area contributed by atoms with Crippen molar-refractivity contribution in [1.82, 2.24) is 15.1 Å². The molecule has 0 spiro atoms. The van der Waals surface area contributed by atoms with Gasteiger partial charge in [-0.15, -0.1) is 0 Å². The molecule has 112 valence electrons. The Hall–Kier alpha value is -0.610. The molecule has 0 bridgehead atoms. The van der Waals surface area contributed by atoms with Crippen molar-refractivity contribution in [2.24, 2.45) is 0 Å². The third-order valence-electron chi connectivity index (χ3n) is 4.34. The highest BCUT2D eigenvalue weighted by Crippen LogP contribution is 2.22. The number of nitrogens with one attached hydrogen (secondary N) is 1. The fourth-order valence-electron chi connectivity index (χ4n) is 2.86. The van der Waals surface area contributed by atoms with Gasteiger partial charge in [-0.2, -0.15) is 0 Å². The predicted octanol–water partition coefficient (Wildman–Crippen LogP) is 1.71. The first kappa shape index (κ1) is 16.4. The Morgan fingerprint density at radius 3 is 2.21 bits per heavy atom. The highest BCUT2D eigenvalue weighted by atomic mass is 16.2. The minimum absolute atomic E-state index is 0.00697. The van der Waals surface area contributed by atoms with Crippen molar-refractivity contribution in [2.75, 3.05) is 33.7 Å². The molecule has 0 aromatic rings. The largest absolute Gasteiger partial charge is 0.349 e. The molecule has 0 radical (unpaired) electrons. The topological polar surface area (TPSA) is 35.6 Å². The van der Waals surface area contributed by atoms with Crippen LogP contribution in [-0.2, 0) is 4.79 Å². The first-order valence-corrected chi connectivity index (χ1v) is 7.71. The van der Waals surface area contributed by atoms with Crippen LogP contribution in [0.1, 0.15) is 46.5 Å². The van der Waals surface area contributed by atoms with Crippen LogP contribution in [0.25, 0.3) is 0 Å². The van der Waals surface area contributed by atoms with E-state index in [0.29, 0.717) is 0 Å². The van der Waals surface area contributed by atoms with Crippen LogP contribution in [0.3, 0.4) is 0 Å². The minimum Gasteiger partial charge on any atom is -0.349 e. The van der Waals surface area contributed by atoms with Gasteiger partial charge in [-0.3, -0.25) is 9.69 Å². The molecular formula is C15H31N3O. The van der Waals surface area contributed by atoms with E-state index in [0.717, 1.165) is 45.3 Å². The monoisotopic (exact) mass is 269 g/mol. The van der Waals surface area contributed by atoms with Crippen LogP contribution in [0.5, 0.6) is 0 Å². The van der Waals surface area contributed by atoms with Crippen molar-refractivity contribution in [1.29, 1.82) is 0 Å². The summed E-state index contributed by atoms with van der Waals surface area (Å²) in [7, 11) is 4.19. The first-order chi connectivity index (χ1) is 9.00. The number of rotatable bonds is 2. The summed E-state index contributed by atoms with van der Waals surface area (Å²) < 4.78 is 0. The molecule has 2 rings (SSSR count). The van der Waals surface area contributed by atoms with Gasteiger partial charge < -0.3 is 10.2 Å². The summed E-state index contributed by atoms with van der Waals surface area (Å²) in [5.41, 5.74) is 0.00697. The third kappa shape index (κ3) is 4.46. The summed E-state index contributed by atoms with van der Waals surface area (Å²) in [6.07, 6.45) is 4.28. The van der Waals surface area contributed by atoms with E-state index >= 15 is 0 Å². The van der Waals surface area contributed by atoms with Gasteiger partial charge in [-0.1, -0.05) is 13.8 Å². The second-order valence-corrected chi connectivity index (χ2v) is 5.99. The lowest BCUT2D eigenvalue weighted by molar-refractivity contribution is -0.127. The molecule has 4 nitrogen and oxygen atoms in total. The molecule has 2 saturated heterocycles. The zero-order valence-corrected chi connectivity index (χ0v) is 13.3. The number of likely N-dealkylation sites (N-methyl/N-ethyl adjacent to an activating group) is 1. The second-order valence-electron chi connectivity index (χ2n) is 5.99. The number of hydrogen-bond donors (Lipinski definition) is 1. The van der Waals surface area contributed by atoms with E-state index < -0.39 is 0 Å². The van der Waals surface area contributed by atoms with Gasteiger partial charge in [0.2, 0.25) is 5.91 Å². The molecule has 2 aliphatic heterocycles. The molecule has 19 heavy (non-hydrogen) atoms. The van der Waals surface area contributed by atoms with Crippen LogP contribution < -0.4 is 5.32 Å². The molecule has 2 heterocycles. The van der Waals surface area contributed by atoms with E-state index in [1.54, 1.807) is 0 Å². The maximum Gasteiger partial charge on any atom is 0.237 e. The maximum atomic E-state index is 12.2. The van der Waals surface area contributed by atoms with Gasteiger partial charge in [0.25, 0.3) is 0 Å². The van der Waals surface area contributed by atoms with Crippen LogP contribution in [0, 0.1) is 0 Å². The lowest BCUT2D eigenvalue weighted by atomic mass is 9.89. The molecule has 0 saturated carbocycles. The van der Waals surface area contributed by atoms with Crippen molar-refractivity contribution in [3.05, 3.63) is 0 Å². The molecule has 1 atom stereocenters. The average Bonchev–Trinajstić information content (AvgIpc) is 2.82. The summed E-state index contributed by atoms with van der Waals surface area (Å²) in [6, 6.07) is 0.103. The van der Waals surface area contributed by atoms with Gasteiger partial charge >= 0.3 is 0 Å². The average molecular weight is 269 g/mol. The number of nitrogens with zero attached hydrogens (tertiary/aromatic N) is 2. The Kier molecular flexibility index (Phi) is 6.27. The number of carbonyl (C=O) groups is 1. The van der Waals surface area contributed by atoms with Crippen LogP contribution >= 0.6 is 0 Å². The Balaban J connectivity index is 0.000000861. The lowest BCUT2D eigenvalue weighted by Crippen LogP contribution is -2.56. The molecule has 4 heteroatoms. The molecule has 2 aliphatic rings. The van der Waals surface area contributed by atoms with Crippen LogP contribution in [0.4, 0.5) is 0 Å². The fraction of sp³-hybridized carbons (Fsp3) is 0.933. The van der Waals surface area contributed by atoms with Gasteiger partial charge in [0.15, 0.2) is 0 Å². The van der Waals surface area contributed by atoms with Gasteiger partial charge in [-0.25, -0.2) is 0 Å². The van der Waals surface area contributed by atoms with Crippen molar-refractivity contribution in [2.45, 2.75) is 58.0 Å². The molecule has 1 amide bonds. The molecule has 1 unspecified atom stereocenters. The lowest BCUT2D eigenvalue weighted by Gasteiger charge is -2.39. The second kappa shape index (κ2) is 7.25. The fourth-order valence-corrected chi connectivity index (χ4v) is 2.86. The Morgan fingerprint density at radius 2 is 1.74 bits per heavy atom. The summed E-state index contributed by atoms with van der Waals surface area (Å²) in [4.78, 5) is 16.7. The van der Waals surface area contributed by atoms with Gasteiger partial charge in [-0.05, 0) is 53.2 Å². The SMILES string of the molecule is CC.CN1CCC(C)(NC(=O)C2CCCN2C)CC1. The van der Waals surface area contributed by atoms with Crippen molar-refractivity contribution in [3.63, 3.8) is 0 Å². The van der Waals surface area contributed by atoms with Gasteiger partial charge in [0.1, 0.15) is 0 Å². The number of carbonyl (C=O) groups excluding carboxylic acids is 1. The van der Waals surface area contributed by atoms with Crippen LogP contribution in [0.2, 0.25) is 0 Å². The Labute approximate surface area is 118 Å². The van der Waals surface area contributed by atoms with E-state index in [4.69, 9.17) is 0 Å². The van der Waals surface area contributed by atoms with Crippen molar-refractivity contribution < 1.29 is 4.79 Å². The van der Waals surface area contributed by atoms with E-state index in [2.05, 4.69) is 29.1 Å².